The fourth-order valence-electron chi connectivity index (χ4n) is 10.1. The van der Waals surface area contributed by atoms with Crippen LogP contribution in [0.3, 0.4) is 0 Å². The minimum atomic E-state index is -1.05. The average Bonchev–Trinajstić information content (AvgIpc) is 2.82. The smallest absolute Gasteiger partial charge is 0.312 e. The van der Waals surface area contributed by atoms with Crippen molar-refractivity contribution in [2.75, 3.05) is 7.11 Å². The van der Waals surface area contributed by atoms with Crippen molar-refractivity contribution in [1.29, 1.82) is 5.26 Å². The highest BCUT2D eigenvalue weighted by Gasteiger charge is 2.72. The van der Waals surface area contributed by atoms with Crippen LogP contribution in [0.15, 0.2) is 23.3 Å². The summed E-state index contributed by atoms with van der Waals surface area (Å²) in [6, 6.07) is 2.07. The Kier molecular flexibility index (Phi) is 5.53. The number of nitrogens with zero attached hydrogens (tertiary/aromatic N) is 1. The number of allylic oxidation sites excluding steroid dienone is 4. The molecule has 3 saturated carbocycles. The zero-order valence-electron chi connectivity index (χ0n) is 24.1. The normalized spacial score (nSPS) is 44.8. The second kappa shape index (κ2) is 7.77. The van der Waals surface area contributed by atoms with E-state index in [9.17, 15) is 24.4 Å². The summed E-state index contributed by atoms with van der Waals surface area (Å²) in [6.45, 7) is 14.1. The van der Waals surface area contributed by atoms with Gasteiger partial charge in [-0.25, -0.2) is 0 Å². The highest BCUT2D eigenvalue weighted by atomic mass is 16.5. The Hall–Kier alpha value is -2.55. The zero-order valence-corrected chi connectivity index (χ0v) is 24.1. The second-order valence-electron chi connectivity index (χ2n) is 14.9. The van der Waals surface area contributed by atoms with Gasteiger partial charge in [0, 0.05) is 34.5 Å². The van der Waals surface area contributed by atoms with Crippen LogP contribution in [-0.2, 0) is 23.9 Å². The third-order valence-electron chi connectivity index (χ3n) is 12.1. The largest absolute Gasteiger partial charge is 0.469 e. The van der Waals surface area contributed by atoms with Crippen LogP contribution in [-0.4, -0.2) is 30.4 Å². The fourth-order valence-corrected chi connectivity index (χ4v) is 10.1. The molecular weight excluding hydrogens is 478 g/mol. The average molecular weight is 520 g/mol. The second-order valence-corrected chi connectivity index (χ2v) is 14.9. The Morgan fingerprint density at radius 2 is 1.63 bits per heavy atom. The van der Waals surface area contributed by atoms with Gasteiger partial charge in [0.05, 0.1) is 18.1 Å². The van der Waals surface area contributed by atoms with Gasteiger partial charge in [0.25, 0.3) is 0 Å². The third-order valence-corrected chi connectivity index (χ3v) is 12.1. The van der Waals surface area contributed by atoms with Gasteiger partial charge in [-0.1, -0.05) is 54.5 Å². The van der Waals surface area contributed by atoms with Gasteiger partial charge in [0.15, 0.2) is 11.6 Å². The molecule has 0 N–H and O–H groups in total. The molecule has 0 saturated heterocycles. The van der Waals surface area contributed by atoms with E-state index >= 15 is 0 Å². The molecule has 5 aliphatic rings. The number of hydrogen-bond donors (Lipinski definition) is 0. The van der Waals surface area contributed by atoms with Gasteiger partial charge in [0.2, 0.25) is 0 Å². The van der Waals surface area contributed by atoms with Crippen LogP contribution in [0.4, 0.5) is 0 Å². The first-order chi connectivity index (χ1) is 17.4. The number of esters is 1. The topological polar surface area (TPSA) is 101 Å². The number of rotatable bonds is 1. The molecule has 5 rings (SSSR count). The molecule has 0 aromatic rings. The van der Waals surface area contributed by atoms with E-state index in [1.807, 2.05) is 6.92 Å². The molecule has 6 heteroatoms. The summed E-state index contributed by atoms with van der Waals surface area (Å²) in [5.74, 6) is -1.72. The van der Waals surface area contributed by atoms with Crippen LogP contribution in [0.5, 0.6) is 0 Å². The van der Waals surface area contributed by atoms with E-state index in [2.05, 4.69) is 33.8 Å². The van der Waals surface area contributed by atoms with E-state index in [-0.39, 0.29) is 46.6 Å². The molecule has 6 nitrogen and oxygen atoms in total. The summed E-state index contributed by atoms with van der Waals surface area (Å²) in [5, 5.41) is 9.84. The molecule has 0 spiro atoms. The summed E-state index contributed by atoms with van der Waals surface area (Å²) < 4.78 is 5.37. The van der Waals surface area contributed by atoms with Crippen LogP contribution in [0.25, 0.3) is 0 Å². The molecule has 7 atom stereocenters. The van der Waals surface area contributed by atoms with Gasteiger partial charge >= 0.3 is 5.97 Å². The van der Waals surface area contributed by atoms with Crippen molar-refractivity contribution >= 4 is 23.3 Å². The quantitative estimate of drug-likeness (QED) is 0.421. The third kappa shape index (κ3) is 3.05. The lowest BCUT2D eigenvalue weighted by atomic mass is 9.34. The molecule has 38 heavy (non-hydrogen) atoms. The first-order valence-corrected chi connectivity index (χ1v) is 14.0. The molecule has 204 valence electrons. The van der Waals surface area contributed by atoms with E-state index in [0.717, 1.165) is 18.4 Å². The fraction of sp³-hybridized carbons (Fsp3) is 0.719. The molecule has 0 amide bonds. The lowest BCUT2D eigenvalue weighted by Crippen LogP contribution is -2.67. The van der Waals surface area contributed by atoms with Crippen molar-refractivity contribution in [3.8, 4) is 6.07 Å². The van der Waals surface area contributed by atoms with Crippen LogP contribution >= 0.6 is 0 Å². The number of ketones is 3. The Balaban J connectivity index is 1.74. The van der Waals surface area contributed by atoms with Crippen molar-refractivity contribution in [1.82, 2.24) is 0 Å². The van der Waals surface area contributed by atoms with Crippen molar-refractivity contribution < 1.29 is 23.9 Å². The minimum Gasteiger partial charge on any atom is -0.469 e. The molecule has 0 aromatic heterocycles. The lowest BCUT2D eigenvalue weighted by Gasteiger charge is -2.68. The summed E-state index contributed by atoms with van der Waals surface area (Å²) in [7, 11) is 1.44. The van der Waals surface area contributed by atoms with Gasteiger partial charge < -0.3 is 4.74 Å². The van der Waals surface area contributed by atoms with E-state index in [1.165, 1.54) is 7.11 Å². The summed E-state index contributed by atoms with van der Waals surface area (Å²) in [6.07, 6.45) is 7.28. The van der Waals surface area contributed by atoms with E-state index in [4.69, 9.17) is 4.74 Å². The van der Waals surface area contributed by atoms with Crippen LogP contribution in [0.1, 0.15) is 87.0 Å². The van der Waals surface area contributed by atoms with Gasteiger partial charge in [-0.2, -0.15) is 5.26 Å². The summed E-state index contributed by atoms with van der Waals surface area (Å²) >= 11 is 0. The number of ether oxygens (including phenoxy) is 1. The number of carbonyl (C=O) groups excluding carboxylic acids is 4. The molecule has 0 heterocycles. The van der Waals surface area contributed by atoms with Gasteiger partial charge in [0.1, 0.15) is 11.9 Å². The Morgan fingerprint density at radius 3 is 2.24 bits per heavy atom. The zero-order chi connectivity index (χ0) is 28.3. The van der Waals surface area contributed by atoms with E-state index in [0.29, 0.717) is 19.3 Å². The van der Waals surface area contributed by atoms with Crippen molar-refractivity contribution in [3.63, 3.8) is 0 Å². The van der Waals surface area contributed by atoms with Gasteiger partial charge in [-0.05, 0) is 60.5 Å². The lowest BCUT2D eigenvalue weighted by molar-refractivity contribution is -0.191. The highest BCUT2D eigenvalue weighted by molar-refractivity contribution is 6.08. The SMILES string of the molecule is COC(=O)[C@]12CCC(C)(C)CC1C1C(=O)C=C3[C@@]4(C)C=C(C#N)C(=O)C(C)(C)C4C(=O)C[C@@]3(C)[C@]1(C)CC2. The molecule has 3 fully saturated rings. The molecule has 0 bridgehead atoms. The van der Waals surface area contributed by atoms with Crippen molar-refractivity contribution in [2.45, 2.75) is 87.0 Å². The number of Topliss-reactive ketones (excluding diaryl/α,β-unsaturated/α-hetero) is 2. The Bertz CT molecular complexity index is 1280. The van der Waals surface area contributed by atoms with Crippen LogP contribution < -0.4 is 0 Å². The number of carbonyl (C=O) groups is 4. The minimum absolute atomic E-state index is 0.00610. The van der Waals surface area contributed by atoms with Crippen molar-refractivity contribution in [2.24, 2.45) is 50.2 Å². The maximum absolute atomic E-state index is 14.4. The van der Waals surface area contributed by atoms with E-state index in [1.54, 1.807) is 26.0 Å². The van der Waals surface area contributed by atoms with E-state index < -0.39 is 38.9 Å². The molecular formula is C32H41NO5. The maximum Gasteiger partial charge on any atom is 0.312 e. The molecule has 0 radical (unpaired) electrons. The summed E-state index contributed by atoms with van der Waals surface area (Å²) in [4.78, 5) is 55.0. The standard InChI is InChI=1S/C32H41NO5/c1-27(2)9-11-32(26(37)38-8)12-10-30(6)23(19(32)15-27)20(34)13-22-29(5)14-18(17-33)25(36)28(3,4)24(29)21(35)16-31(22,30)7/h13-14,19,23-24H,9-12,15-16H2,1-8H3/t19?,23?,24?,29-,30-,31-,32+/m1/s1. The maximum atomic E-state index is 14.4. The molecule has 0 aromatic carbocycles. The summed E-state index contributed by atoms with van der Waals surface area (Å²) in [5.41, 5.74) is -2.94. The predicted octanol–water partition coefficient (Wildman–Crippen LogP) is 5.56. The number of methoxy groups -OCH3 is 1. The van der Waals surface area contributed by atoms with Crippen LogP contribution in [0, 0.1) is 61.6 Å². The van der Waals surface area contributed by atoms with Gasteiger partial charge in [-0.15, -0.1) is 0 Å². The first kappa shape index (κ1) is 27.0. The van der Waals surface area contributed by atoms with Crippen molar-refractivity contribution in [3.05, 3.63) is 23.3 Å². The monoisotopic (exact) mass is 519 g/mol. The number of nitriles is 1. The predicted molar refractivity (Wildman–Crippen MR) is 141 cm³/mol. The number of fused-ring (bicyclic) bond motifs is 7. The Morgan fingerprint density at radius 1 is 1.00 bits per heavy atom. The highest BCUT2D eigenvalue weighted by Crippen LogP contribution is 2.74. The van der Waals surface area contributed by atoms with Crippen LogP contribution in [0.2, 0.25) is 0 Å². The first-order valence-electron chi connectivity index (χ1n) is 14.0. The molecule has 5 aliphatic carbocycles. The molecule has 0 aliphatic heterocycles. The number of hydrogen-bond acceptors (Lipinski definition) is 6. The van der Waals surface area contributed by atoms with Gasteiger partial charge in [-0.3, -0.25) is 19.2 Å². The Labute approximate surface area is 226 Å². The molecule has 3 unspecified atom stereocenters.